The van der Waals surface area contributed by atoms with Crippen LogP contribution in [0.1, 0.15) is 31.1 Å². The van der Waals surface area contributed by atoms with Gasteiger partial charge in [-0.1, -0.05) is 12.1 Å². The zero-order valence-corrected chi connectivity index (χ0v) is 16.8. The maximum Gasteiger partial charge on any atom is 0.191 e. The number of benzene rings is 1. The molecule has 1 aromatic heterocycles. The van der Waals surface area contributed by atoms with Crippen LogP contribution >= 0.6 is 24.0 Å². The van der Waals surface area contributed by atoms with Gasteiger partial charge in [-0.15, -0.1) is 24.0 Å². The van der Waals surface area contributed by atoms with E-state index in [2.05, 4.69) is 17.6 Å². The third-order valence-corrected chi connectivity index (χ3v) is 4.44. The molecular formula is C19H25FIN3O. The minimum atomic E-state index is -0.189. The number of nitrogens with one attached hydrogen (secondary N) is 2. The van der Waals surface area contributed by atoms with Gasteiger partial charge < -0.3 is 15.1 Å². The predicted molar refractivity (Wildman–Crippen MR) is 109 cm³/mol. The van der Waals surface area contributed by atoms with Crippen LogP contribution in [0.3, 0.4) is 0 Å². The van der Waals surface area contributed by atoms with E-state index in [4.69, 9.17) is 9.41 Å². The Hall–Kier alpha value is -1.57. The molecule has 2 aromatic rings. The zero-order valence-electron chi connectivity index (χ0n) is 14.4. The number of furan rings is 1. The first kappa shape index (κ1) is 19.8. The SMILES string of the molecule is CCNC(=NCC1(c2ccc(F)cc2)CC1)NCCc1ccco1.I. The van der Waals surface area contributed by atoms with Crippen molar-refractivity contribution in [3.63, 3.8) is 0 Å². The van der Waals surface area contributed by atoms with Crippen molar-refractivity contribution in [1.29, 1.82) is 0 Å². The molecule has 0 unspecified atom stereocenters. The van der Waals surface area contributed by atoms with Gasteiger partial charge in [0.25, 0.3) is 0 Å². The van der Waals surface area contributed by atoms with Gasteiger partial charge in [-0.25, -0.2) is 4.39 Å². The van der Waals surface area contributed by atoms with Gasteiger partial charge in [-0.05, 0) is 49.6 Å². The molecule has 136 valence electrons. The summed E-state index contributed by atoms with van der Waals surface area (Å²) < 4.78 is 18.4. The van der Waals surface area contributed by atoms with E-state index in [1.807, 2.05) is 24.3 Å². The molecule has 0 bridgehead atoms. The Morgan fingerprint density at radius 3 is 2.56 bits per heavy atom. The number of halogens is 2. The van der Waals surface area contributed by atoms with Gasteiger partial charge in [0.05, 0.1) is 12.8 Å². The summed E-state index contributed by atoms with van der Waals surface area (Å²) in [5, 5.41) is 6.61. The van der Waals surface area contributed by atoms with Crippen molar-refractivity contribution in [2.75, 3.05) is 19.6 Å². The summed E-state index contributed by atoms with van der Waals surface area (Å²) in [5.74, 6) is 1.59. The van der Waals surface area contributed by atoms with Gasteiger partial charge in [0.2, 0.25) is 0 Å². The Morgan fingerprint density at radius 2 is 1.96 bits per heavy atom. The molecule has 6 heteroatoms. The Labute approximate surface area is 165 Å². The Bertz CT molecular complexity index is 666. The summed E-state index contributed by atoms with van der Waals surface area (Å²) in [6.07, 6.45) is 4.72. The average Bonchev–Trinajstić information content (AvgIpc) is 3.20. The summed E-state index contributed by atoms with van der Waals surface area (Å²) in [7, 11) is 0. The third-order valence-electron chi connectivity index (χ3n) is 4.44. The van der Waals surface area contributed by atoms with E-state index in [1.54, 1.807) is 6.26 Å². The molecule has 4 nitrogen and oxygen atoms in total. The second-order valence-corrected chi connectivity index (χ2v) is 6.24. The van der Waals surface area contributed by atoms with Crippen LogP contribution in [0.4, 0.5) is 4.39 Å². The Balaban J connectivity index is 0.00000225. The maximum absolute atomic E-state index is 13.1. The molecule has 0 aliphatic heterocycles. The van der Waals surface area contributed by atoms with Crippen LogP contribution in [0.15, 0.2) is 52.1 Å². The highest BCUT2D eigenvalue weighted by atomic mass is 127. The second-order valence-electron chi connectivity index (χ2n) is 6.24. The molecule has 1 aliphatic rings. The number of aliphatic imine (C=N–C) groups is 1. The van der Waals surface area contributed by atoms with E-state index in [1.165, 1.54) is 17.7 Å². The largest absolute Gasteiger partial charge is 0.469 e. The summed E-state index contributed by atoms with van der Waals surface area (Å²) in [6.45, 7) is 4.35. The van der Waals surface area contributed by atoms with E-state index in [0.717, 1.165) is 44.1 Å². The maximum atomic E-state index is 13.1. The fraction of sp³-hybridized carbons (Fsp3) is 0.421. The van der Waals surface area contributed by atoms with Gasteiger partial charge in [-0.3, -0.25) is 4.99 Å². The molecule has 1 fully saturated rings. The highest BCUT2D eigenvalue weighted by molar-refractivity contribution is 14.0. The second kappa shape index (κ2) is 9.22. The van der Waals surface area contributed by atoms with E-state index >= 15 is 0 Å². The molecule has 1 heterocycles. The molecule has 1 saturated carbocycles. The van der Waals surface area contributed by atoms with Crippen molar-refractivity contribution in [2.45, 2.75) is 31.6 Å². The minimum absolute atomic E-state index is 0. The minimum Gasteiger partial charge on any atom is -0.469 e. The number of rotatable bonds is 7. The lowest BCUT2D eigenvalue weighted by molar-refractivity contribution is 0.506. The summed E-state index contributed by atoms with van der Waals surface area (Å²) >= 11 is 0. The number of hydrogen-bond donors (Lipinski definition) is 2. The molecule has 1 aliphatic carbocycles. The Kier molecular flexibility index (Phi) is 7.28. The van der Waals surface area contributed by atoms with Crippen LogP contribution in [-0.4, -0.2) is 25.6 Å². The lowest BCUT2D eigenvalue weighted by Crippen LogP contribution is -2.39. The van der Waals surface area contributed by atoms with Gasteiger partial charge in [0.1, 0.15) is 11.6 Å². The third kappa shape index (κ3) is 5.45. The van der Waals surface area contributed by atoms with Crippen molar-refractivity contribution in [2.24, 2.45) is 4.99 Å². The van der Waals surface area contributed by atoms with E-state index in [0.29, 0.717) is 6.54 Å². The molecule has 25 heavy (non-hydrogen) atoms. The average molecular weight is 457 g/mol. The highest BCUT2D eigenvalue weighted by Crippen LogP contribution is 2.48. The van der Waals surface area contributed by atoms with Gasteiger partial charge in [0, 0.05) is 24.9 Å². The molecular weight excluding hydrogens is 432 g/mol. The first-order valence-electron chi connectivity index (χ1n) is 8.52. The fourth-order valence-electron chi connectivity index (χ4n) is 2.82. The van der Waals surface area contributed by atoms with E-state index in [9.17, 15) is 4.39 Å². The van der Waals surface area contributed by atoms with Crippen molar-refractivity contribution in [3.8, 4) is 0 Å². The van der Waals surface area contributed by atoms with Crippen molar-refractivity contribution < 1.29 is 8.81 Å². The van der Waals surface area contributed by atoms with Crippen LogP contribution in [0.25, 0.3) is 0 Å². The van der Waals surface area contributed by atoms with Crippen molar-refractivity contribution in [3.05, 3.63) is 59.8 Å². The van der Waals surface area contributed by atoms with Crippen LogP contribution in [-0.2, 0) is 11.8 Å². The molecule has 1 aromatic carbocycles. The highest BCUT2D eigenvalue weighted by Gasteiger charge is 2.44. The lowest BCUT2D eigenvalue weighted by atomic mass is 9.96. The molecule has 0 spiro atoms. The summed E-state index contributed by atoms with van der Waals surface area (Å²) in [5.41, 5.74) is 1.26. The molecule has 0 radical (unpaired) electrons. The predicted octanol–water partition coefficient (Wildman–Crippen LogP) is 3.87. The first-order chi connectivity index (χ1) is 11.7. The molecule has 3 rings (SSSR count). The molecule has 0 atom stereocenters. The molecule has 0 amide bonds. The van der Waals surface area contributed by atoms with E-state index in [-0.39, 0.29) is 35.2 Å². The monoisotopic (exact) mass is 457 g/mol. The smallest absolute Gasteiger partial charge is 0.191 e. The van der Waals surface area contributed by atoms with Crippen LogP contribution in [0.5, 0.6) is 0 Å². The normalized spacial score (nSPS) is 15.4. The van der Waals surface area contributed by atoms with Gasteiger partial charge in [-0.2, -0.15) is 0 Å². The fourth-order valence-corrected chi connectivity index (χ4v) is 2.82. The lowest BCUT2D eigenvalue weighted by Gasteiger charge is -2.16. The zero-order chi connectivity index (χ0) is 16.8. The topological polar surface area (TPSA) is 49.6 Å². The van der Waals surface area contributed by atoms with Crippen molar-refractivity contribution >= 4 is 29.9 Å². The van der Waals surface area contributed by atoms with Gasteiger partial charge in [0.15, 0.2) is 5.96 Å². The first-order valence-corrected chi connectivity index (χ1v) is 8.52. The summed E-state index contributed by atoms with van der Waals surface area (Å²) in [4.78, 5) is 4.74. The molecule has 2 N–H and O–H groups in total. The summed E-state index contributed by atoms with van der Waals surface area (Å²) in [6, 6.07) is 10.7. The van der Waals surface area contributed by atoms with Crippen LogP contribution < -0.4 is 10.6 Å². The van der Waals surface area contributed by atoms with Crippen molar-refractivity contribution in [1.82, 2.24) is 10.6 Å². The van der Waals surface area contributed by atoms with Crippen LogP contribution in [0.2, 0.25) is 0 Å². The number of guanidine groups is 1. The number of nitrogens with zero attached hydrogens (tertiary/aromatic N) is 1. The standard InChI is InChI=1S/C19H24FN3O.HI/c1-2-21-18(22-12-9-17-4-3-13-24-17)23-14-19(10-11-19)15-5-7-16(20)8-6-15;/h3-8,13H,2,9-12,14H2,1H3,(H2,21,22,23);1H. The van der Waals surface area contributed by atoms with Crippen LogP contribution in [0, 0.1) is 5.82 Å². The molecule has 0 saturated heterocycles. The van der Waals surface area contributed by atoms with Gasteiger partial charge >= 0.3 is 0 Å². The quantitative estimate of drug-likeness (QED) is 0.377. The van der Waals surface area contributed by atoms with E-state index < -0.39 is 0 Å². The Morgan fingerprint density at radius 1 is 1.20 bits per heavy atom. The number of hydrogen-bond acceptors (Lipinski definition) is 2.